The van der Waals surface area contributed by atoms with Crippen LogP contribution >= 0.6 is 0 Å². The van der Waals surface area contributed by atoms with Crippen molar-refractivity contribution in [3.8, 4) is 17.0 Å². The van der Waals surface area contributed by atoms with Crippen LogP contribution in [-0.2, 0) is 0 Å². The van der Waals surface area contributed by atoms with Gasteiger partial charge in [0.25, 0.3) is 0 Å². The molecule has 0 atom stereocenters. The Morgan fingerprint density at radius 2 is 1.76 bits per heavy atom. The lowest BCUT2D eigenvalue weighted by Gasteiger charge is -2.13. The molecule has 3 aromatic carbocycles. The van der Waals surface area contributed by atoms with Gasteiger partial charge in [-0.25, -0.2) is 4.39 Å². The van der Waals surface area contributed by atoms with Gasteiger partial charge in [0.1, 0.15) is 11.6 Å². The normalized spacial score (nSPS) is 11.5. The van der Waals surface area contributed by atoms with Crippen LogP contribution in [-0.4, -0.2) is 10.1 Å². The first-order valence-electron chi connectivity index (χ1n) is 8.35. The minimum Gasteiger partial charge on any atom is -0.507 e. The van der Waals surface area contributed by atoms with E-state index >= 15 is 0 Å². The second-order valence-electron chi connectivity index (χ2n) is 6.60. The summed E-state index contributed by atoms with van der Waals surface area (Å²) in [6.45, 7) is 4.08. The number of fused-ring (bicyclic) bond motifs is 2. The van der Waals surface area contributed by atoms with Gasteiger partial charge in [0.05, 0.1) is 5.69 Å². The molecule has 0 radical (unpaired) electrons. The van der Waals surface area contributed by atoms with Gasteiger partial charge in [-0.3, -0.25) is 4.98 Å². The Balaban J connectivity index is 2.03. The molecule has 2 nitrogen and oxygen atoms in total. The number of aromatic hydroxyl groups is 1. The maximum atomic E-state index is 14.9. The minimum absolute atomic E-state index is 0.130. The summed E-state index contributed by atoms with van der Waals surface area (Å²) in [6.07, 6.45) is 1.66. The first-order valence-corrected chi connectivity index (χ1v) is 8.35. The number of halogens is 1. The maximum Gasteiger partial charge on any atom is 0.133 e. The van der Waals surface area contributed by atoms with Gasteiger partial charge < -0.3 is 5.11 Å². The third-order valence-electron chi connectivity index (χ3n) is 4.66. The van der Waals surface area contributed by atoms with Crippen molar-refractivity contribution in [2.75, 3.05) is 0 Å². The van der Waals surface area contributed by atoms with Crippen LogP contribution in [0.1, 0.15) is 25.3 Å². The molecule has 0 amide bonds. The molecule has 0 aliphatic rings. The predicted molar refractivity (Wildman–Crippen MR) is 100 cm³/mol. The lowest BCUT2D eigenvalue weighted by molar-refractivity contribution is 0.483. The second kappa shape index (κ2) is 5.85. The number of phenolic OH excluding ortho intramolecular Hbond substituents is 1. The largest absolute Gasteiger partial charge is 0.507 e. The lowest BCUT2D eigenvalue weighted by atomic mass is 9.95. The monoisotopic (exact) mass is 331 g/mol. The highest BCUT2D eigenvalue weighted by molar-refractivity contribution is 6.01. The van der Waals surface area contributed by atoms with Crippen molar-refractivity contribution in [1.82, 2.24) is 4.98 Å². The van der Waals surface area contributed by atoms with E-state index in [1.165, 1.54) is 0 Å². The third kappa shape index (κ3) is 2.52. The molecule has 0 bridgehead atoms. The molecular weight excluding hydrogens is 313 g/mol. The number of hydrogen-bond donors (Lipinski definition) is 1. The van der Waals surface area contributed by atoms with E-state index in [1.54, 1.807) is 18.3 Å². The van der Waals surface area contributed by atoms with Crippen molar-refractivity contribution < 1.29 is 9.50 Å². The summed E-state index contributed by atoms with van der Waals surface area (Å²) >= 11 is 0. The number of pyridine rings is 1. The van der Waals surface area contributed by atoms with E-state index < -0.39 is 0 Å². The van der Waals surface area contributed by atoms with E-state index in [-0.39, 0.29) is 17.5 Å². The highest BCUT2D eigenvalue weighted by atomic mass is 19.1. The highest BCUT2D eigenvalue weighted by Gasteiger charge is 2.16. The molecule has 0 fully saturated rings. The summed E-state index contributed by atoms with van der Waals surface area (Å²) in [7, 11) is 0. The van der Waals surface area contributed by atoms with E-state index in [9.17, 15) is 9.50 Å². The predicted octanol–water partition coefficient (Wildman–Crippen LogP) is 6.02. The van der Waals surface area contributed by atoms with E-state index in [0.717, 1.165) is 21.7 Å². The molecule has 4 rings (SSSR count). The van der Waals surface area contributed by atoms with Crippen LogP contribution in [0.3, 0.4) is 0 Å². The number of hydrogen-bond acceptors (Lipinski definition) is 2. The molecule has 0 aliphatic heterocycles. The topological polar surface area (TPSA) is 33.1 Å². The van der Waals surface area contributed by atoms with E-state index in [4.69, 9.17) is 0 Å². The van der Waals surface area contributed by atoms with Gasteiger partial charge in [0.2, 0.25) is 0 Å². The number of benzene rings is 3. The fourth-order valence-electron chi connectivity index (χ4n) is 3.27. The summed E-state index contributed by atoms with van der Waals surface area (Å²) in [5, 5.41) is 13.6. The van der Waals surface area contributed by atoms with Gasteiger partial charge in [-0.2, -0.15) is 0 Å². The summed E-state index contributed by atoms with van der Waals surface area (Å²) in [4.78, 5) is 4.38. The molecule has 0 aliphatic carbocycles. The van der Waals surface area contributed by atoms with Gasteiger partial charge in [0, 0.05) is 22.5 Å². The summed E-state index contributed by atoms with van der Waals surface area (Å²) in [6, 6.07) is 16.7. The molecule has 124 valence electrons. The Hall–Kier alpha value is -2.94. The van der Waals surface area contributed by atoms with Crippen molar-refractivity contribution in [3.63, 3.8) is 0 Å². The first-order chi connectivity index (χ1) is 12.1. The zero-order chi connectivity index (χ0) is 17.6. The van der Waals surface area contributed by atoms with Crippen molar-refractivity contribution in [2.24, 2.45) is 0 Å². The van der Waals surface area contributed by atoms with Gasteiger partial charge in [-0.1, -0.05) is 50.2 Å². The Morgan fingerprint density at radius 1 is 0.960 bits per heavy atom. The summed E-state index contributed by atoms with van der Waals surface area (Å²) in [5.41, 5.74) is 1.96. The molecule has 0 unspecified atom stereocenters. The molecule has 1 N–H and O–H groups in total. The first kappa shape index (κ1) is 15.6. The standard InChI is InChI=1S/C22H18FNO/c1-13(2)16-11-15-9-10-24-21(20(15)19(23)12-16)18-8-7-14-5-3-4-6-17(14)22(18)25/h3-13,25H,1-2H3. The van der Waals surface area contributed by atoms with Crippen molar-refractivity contribution in [2.45, 2.75) is 19.8 Å². The molecule has 1 aromatic heterocycles. The van der Waals surface area contributed by atoms with Crippen LogP contribution in [0.15, 0.2) is 60.8 Å². The van der Waals surface area contributed by atoms with Crippen LogP contribution in [0.5, 0.6) is 5.75 Å². The average Bonchev–Trinajstić information content (AvgIpc) is 2.61. The van der Waals surface area contributed by atoms with Crippen LogP contribution in [0.25, 0.3) is 32.8 Å². The summed E-state index contributed by atoms with van der Waals surface area (Å²) < 4.78 is 14.9. The Bertz CT molecular complexity index is 1100. The Labute approximate surface area is 145 Å². The zero-order valence-corrected chi connectivity index (χ0v) is 14.1. The van der Waals surface area contributed by atoms with Crippen LogP contribution in [0, 0.1) is 5.82 Å². The molecule has 1 heterocycles. The fraction of sp³-hybridized carbons (Fsp3) is 0.136. The number of phenols is 1. The van der Waals surface area contributed by atoms with Gasteiger partial charge in [-0.05, 0) is 40.5 Å². The number of nitrogens with zero attached hydrogens (tertiary/aromatic N) is 1. The zero-order valence-electron chi connectivity index (χ0n) is 14.1. The number of rotatable bonds is 2. The van der Waals surface area contributed by atoms with Crippen LogP contribution in [0.2, 0.25) is 0 Å². The molecule has 4 aromatic rings. The number of aromatic nitrogens is 1. The van der Waals surface area contributed by atoms with Gasteiger partial charge >= 0.3 is 0 Å². The van der Waals surface area contributed by atoms with E-state index in [2.05, 4.69) is 4.98 Å². The van der Waals surface area contributed by atoms with E-state index in [1.807, 2.05) is 56.3 Å². The smallest absolute Gasteiger partial charge is 0.133 e. The fourth-order valence-corrected chi connectivity index (χ4v) is 3.27. The third-order valence-corrected chi connectivity index (χ3v) is 4.66. The van der Waals surface area contributed by atoms with Gasteiger partial charge in [0.15, 0.2) is 0 Å². The van der Waals surface area contributed by atoms with E-state index in [0.29, 0.717) is 16.6 Å². The SMILES string of the molecule is CC(C)c1cc(F)c2c(-c3ccc4ccccc4c3O)nccc2c1. The molecule has 3 heteroatoms. The maximum absolute atomic E-state index is 14.9. The van der Waals surface area contributed by atoms with Crippen LogP contribution in [0.4, 0.5) is 4.39 Å². The molecular formula is C22H18FNO. The molecule has 0 saturated heterocycles. The second-order valence-corrected chi connectivity index (χ2v) is 6.60. The van der Waals surface area contributed by atoms with Gasteiger partial charge in [-0.15, -0.1) is 0 Å². The van der Waals surface area contributed by atoms with Crippen LogP contribution < -0.4 is 0 Å². The quantitative estimate of drug-likeness (QED) is 0.487. The van der Waals surface area contributed by atoms with Crippen molar-refractivity contribution in [3.05, 3.63) is 72.2 Å². The Morgan fingerprint density at radius 3 is 2.56 bits per heavy atom. The van der Waals surface area contributed by atoms with Crippen molar-refractivity contribution >= 4 is 21.5 Å². The molecule has 0 saturated carbocycles. The average molecular weight is 331 g/mol. The highest BCUT2D eigenvalue weighted by Crippen LogP contribution is 2.39. The molecule has 0 spiro atoms. The molecule has 25 heavy (non-hydrogen) atoms. The van der Waals surface area contributed by atoms with Crippen molar-refractivity contribution in [1.29, 1.82) is 0 Å². The minimum atomic E-state index is -0.308. The summed E-state index contributed by atoms with van der Waals surface area (Å²) in [5.74, 6) is 0.0619. The Kier molecular flexibility index (Phi) is 3.65. The lowest BCUT2D eigenvalue weighted by Crippen LogP contribution is -1.94.